The molecule has 0 unspecified atom stereocenters. The topological polar surface area (TPSA) is 130 Å². The van der Waals surface area contributed by atoms with Crippen LogP contribution in [0.25, 0.3) is 0 Å². The van der Waals surface area contributed by atoms with Crippen molar-refractivity contribution in [2.45, 2.75) is 0 Å². The number of nitrogens with zero attached hydrogens (tertiary/aromatic N) is 2. The van der Waals surface area contributed by atoms with Crippen LogP contribution in [0.2, 0.25) is 0 Å². The summed E-state index contributed by atoms with van der Waals surface area (Å²) in [6, 6.07) is 7.67. The molecule has 0 aliphatic rings. The van der Waals surface area contributed by atoms with Gasteiger partial charge in [0.15, 0.2) is 11.6 Å². The molecule has 9 nitrogen and oxygen atoms in total. The number of rotatable bonds is 4. The summed E-state index contributed by atoms with van der Waals surface area (Å²) in [5.74, 6) is -1.85. The maximum absolute atomic E-state index is 11.5. The molecule has 2 N–H and O–H groups in total. The SMILES string of the molecule is O=C(CN(C(=O)O)[N+](=O)[O-])NC(=O)c1ccccc1. The van der Waals surface area contributed by atoms with Crippen LogP contribution in [-0.4, -0.2) is 39.6 Å². The highest BCUT2D eigenvalue weighted by molar-refractivity contribution is 6.05. The summed E-state index contributed by atoms with van der Waals surface area (Å²) in [5.41, 5.74) is 0.179. The van der Waals surface area contributed by atoms with Crippen LogP contribution in [0.5, 0.6) is 0 Å². The summed E-state index contributed by atoms with van der Waals surface area (Å²) in [6.45, 7) is -1.07. The summed E-state index contributed by atoms with van der Waals surface area (Å²) >= 11 is 0. The first-order valence-corrected chi connectivity index (χ1v) is 4.96. The van der Waals surface area contributed by atoms with Gasteiger partial charge in [-0.3, -0.25) is 14.9 Å². The predicted molar refractivity (Wildman–Crippen MR) is 60.6 cm³/mol. The van der Waals surface area contributed by atoms with E-state index in [1.807, 2.05) is 5.32 Å². The summed E-state index contributed by atoms with van der Waals surface area (Å²) in [7, 11) is 0. The third-order valence-corrected chi connectivity index (χ3v) is 2.00. The Morgan fingerprint density at radius 1 is 1.26 bits per heavy atom. The van der Waals surface area contributed by atoms with Gasteiger partial charge in [0.1, 0.15) is 0 Å². The Balaban J connectivity index is 2.63. The van der Waals surface area contributed by atoms with Crippen LogP contribution in [0.15, 0.2) is 30.3 Å². The number of hydrazine groups is 1. The number of carboxylic acid groups (broad SMARTS) is 1. The Bertz CT molecular complexity index is 501. The number of nitro groups is 1. The molecular formula is C10H9N3O6. The third kappa shape index (κ3) is 4.07. The average molecular weight is 267 g/mol. The Labute approximate surface area is 106 Å². The van der Waals surface area contributed by atoms with E-state index in [0.717, 1.165) is 0 Å². The van der Waals surface area contributed by atoms with Gasteiger partial charge in [0.25, 0.3) is 11.8 Å². The second kappa shape index (κ2) is 6.10. The van der Waals surface area contributed by atoms with Crippen molar-refractivity contribution in [2.75, 3.05) is 6.54 Å². The first kappa shape index (κ1) is 14.1. The van der Waals surface area contributed by atoms with Crippen molar-refractivity contribution >= 4 is 17.9 Å². The maximum atomic E-state index is 11.5. The first-order chi connectivity index (χ1) is 8.91. The van der Waals surface area contributed by atoms with Crippen LogP contribution in [0.1, 0.15) is 10.4 Å². The van der Waals surface area contributed by atoms with Crippen molar-refractivity contribution in [1.82, 2.24) is 10.3 Å². The van der Waals surface area contributed by atoms with Crippen LogP contribution < -0.4 is 5.32 Å². The van der Waals surface area contributed by atoms with Crippen LogP contribution >= 0.6 is 0 Å². The Hall–Kier alpha value is -2.97. The van der Waals surface area contributed by atoms with Gasteiger partial charge < -0.3 is 5.11 Å². The summed E-state index contributed by atoms with van der Waals surface area (Å²) < 4.78 is 0. The van der Waals surface area contributed by atoms with Gasteiger partial charge in [0.05, 0.1) is 0 Å². The Morgan fingerprint density at radius 2 is 1.84 bits per heavy atom. The lowest BCUT2D eigenvalue weighted by Crippen LogP contribution is -2.44. The molecule has 0 heterocycles. The zero-order chi connectivity index (χ0) is 14.4. The van der Waals surface area contributed by atoms with Crippen LogP contribution in [-0.2, 0) is 4.79 Å². The smallest absolute Gasteiger partial charge is 0.461 e. The van der Waals surface area contributed by atoms with Crippen molar-refractivity contribution in [3.05, 3.63) is 46.0 Å². The fraction of sp³-hybridized carbons (Fsp3) is 0.100. The second-order valence-electron chi connectivity index (χ2n) is 3.32. The third-order valence-electron chi connectivity index (χ3n) is 2.00. The lowest BCUT2D eigenvalue weighted by molar-refractivity contribution is -0.632. The minimum atomic E-state index is -1.90. The number of carbonyl (C=O) groups excluding carboxylic acids is 2. The van der Waals surface area contributed by atoms with Crippen molar-refractivity contribution in [3.8, 4) is 0 Å². The van der Waals surface area contributed by atoms with E-state index in [0.29, 0.717) is 0 Å². The molecule has 9 heteroatoms. The van der Waals surface area contributed by atoms with Gasteiger partial charge >= 0.3 is 6.09 Å². The molecule has 0 fully saturated rings. The molecule has 0 aliphatic heterocycles. The monoisotopic (exact) mass is 267 g/mol. The highest BCUT2D eigenvalue weighted by Crippen LogP contribution is 1.98. The van der Waals surface area contributed by atoms with E-state index in [4.69, 9.17) is 5.11 Å². The average Bonchev–Trinajstić information content (AvgIpc) is 2.36. The van der Waals surface area contributed by atoms with Gasteiger partial charge in [0.2, 0.25) is 0 Å². The molecule has 0 radical (unpaired) electrons. The van der Waals surface area contributed by atoms with E-state index in [1.165, 1.54) is 12.1 Å². The fourth-order valence-corrected chi connectivity index (χ4v) is 1.16. The predicted octanol–water partition coefficient (Wildman–Crippen LogP) is 0.115. The first-order valence-electron chi connectivity index (χ1n) is 4.96. The minimum absolute atomic E-state index is 0.179. The molecule has 0 atom stereocenters. The highest BCUT2D eigenvalue weighted by Gasteiger charge is 2.27. The van der Waals surface area contributed by atoms with Crippen molar-refractivity contribution in [1.29, 1.82) is 0 Å². The summed E-state index contributed by atoms with van der Waals surface area (Å²) in [6.07, 6.45) is -1.90. The van der Waals surface area contributed by atoms with Gasteiger partial charge in [-0.2, -0.15) is 0 Å². The van der Waals surface area contributed by atoms with E-state index in [9.17, 15) is 24.5 Å². The molecule has 0 saturated carbocycles. The van der Waals surface area contributed by atoms with E-state index in [-0.39, 0.29) is 10.6 Å². The molecule has 0 spiro atoms. The molecule has 3 amide bonds. The number of benzene rings is 1. The number of amides is 3. The van der Waals surface area contributed by atoms with Gasteiger partial charge in [0, 0.05) is 5.56 Å². The second-order valence-corrected chi connectivity index (χ2v) is 3.32. The highest BCUT2D eigenvalue weighted by atomic mass is 16.7. The molecule has 0 saturated heterocycles. The van der Waals surface area contributed by atoms with E-state index < -0.39 is 29.5 Å². The number of carbonyl (C=O) groups is 3. The lowest BCUT2D eigenvalue weighted by atomic mass is 10.2. The summed E-state index contributed by atoms with van der Waals surface area (Å²) in [4.78, 5) is 43.6. The number of imide groups is 1. The van der Waals surface area contributed by atoms with Gasteiger partial charge in [-0.25, -0.2) is 14.9 Å². The molecule has 1 aromatic carbocycles. The Kier molecular flexibility index (Phi) is 4.52. The largest absolute Gasteiger partial charge is 0.466 e. The molecule has 1 aromatic rings. The summed E-state index contributed by atoms with van der Waals surface area (Å²) in [5, 5.41) is 19.0. The molecule has 0 aliphatic carbocycles. The van der Waals surface area contributed by atoms with E-state index in [2.05, 4.69) is 0 Å². The van der Waals surface area contributed by atoms with Gasteiger partial charge in [-0.1, -0.05) is 18.2 Å². The quantitative estimate of drug-likeness (QED) is 0.588. The fourth-order valence-electron chi connectivity index (χ4n) is 1.16. The lowest BCUT2D eigenvalue weighted by Gasteiger charge is -2.08. The molecule has 100 valence electrons. The van der Waals surface area contributed by atoms with E-state index in [1.54, 1.807) is 18.2 Å². The molecule has 19 heavy (non-hydrogen) atoms. The minimum Gasteiger partial charge on any atom is -0.461 e. The number of hydrogen-bond acceptors (Lipinski definition) is 5. The van der Waals surface area contributed by atoms with Crippen molar-refractivity contribution in [2.24, 2.45) is 0 Å². The molecule has 1 rings (SSSR count). The normalized spacial score (nSPS) is 9.47. The number of nitrogens with one attached hydrogen (secondary N) is 1. The van der Waals surface area contributed by atoms with Crippen LogP contribution in [0, 0.1) is 10.1 Å². The van der Waals surface area contributed by atoms with Gasteiger partial charge in [-0.05, 0) is 17.1 Å². The van der Waals surface area contributed by atoms with Crippen molar-refractivity contribution in [3.63, 3.8) is 0 Å². The number of hydrogen-bond donors (Lipinski definition) is 2. The standard InChI is InChI=1S/C10H9N3O6/c14-8(6-12(10(16)17)13(18)19)11-9(15)7-4-2-1-3-5-7/h1-5H,6H2,(H,16,17)(H,11,14,15). The molecule has 0 bridgehead atoms. The Morgan fingerprint density at radius 3 is 2.32 bits per heavy atom. The molecular weight excluding hydrogens is 258 g/mol. The maximum Gasteiger partial charge on any atom is 0.466 e. The zero-order valence-corrected chi connectivity index (χ0v) is 9.48. The van der Waals surface area contributed by atoms with Gasteiger partial charge in [-0.15, -0.1) is 0 Å². The molecule has 0 aromatic heterocycles. The van der Waals surface area contributed by atoms with Crippen LogP contribution in [0.3, 0.4) is 0 Å². The zero-order valence-electron chi connectivity index (χ0n) is 9.48. The van der Waals surface area contributed by atoms with Crippen LogP contribution in [0.4, 0.5) is 4.79 Å². The van der Waals surface area contributed by atoms with E-state index >= 15 is 0 Å². The van der Waals surface area contributed by atoms with Crippen molar-refractivity contribution < 1.29 is 24.5 Å².